The summed E-state index contributed by atoms with van der Waals surface area (Å²) in [6.07, 6.45) is 10.6. The fourth-order valence-electron chi connectivity index (χ4n) is 7.42. The third-order valence-electron chi connectivity index (χ3n) is 8.71. The van der Waals surface area contributed by atoms with Gasteiger partial charge < -0.3 is 5.32 Å². The molecule has 1 fully saturated rings. The van der Waals surface area contributed by atoms with Crippen molar-refractivity contribution < 1.29 is 9.18 Å². The van der Waals surface area contributed by atoms with Crippen LogP contribution >= 0.6 is 0 Å². The second-order valence-electron chi connectivity index (χ2n) is 10.4. The van der Waals surface area contributed by atoms with Crippen LogP contribution in [0.4, 0.5) is 10.1 Å². The molecule has 7 heteroatoms. The van der Waals surface area contributed by atoms with E-state index in [1.54, 1.807) is 16.9 Å². The molecular weight excluding hydrogens is 417 g/mol. The average molecular weight is 448 g/mol. The largest absolute Gasteiger partial charge is 0.323 e. The zero-order valence-electron chi connectivity index (χ0n) is 19.1. The van der Waals surface area contributed by atoms with Gasteiger partial charge >= 0.3 is 0 Å². The lowest BCUT2D eigenvalue weighted by Crippen LogP contribution is -2.44. The summed E-state index contributed by atoms with van der Waals surface area (Å²) in [4.78, 5) is 12.7. The average Bonchev–Trinajstić information content (AvgIpc) is 3.49. The molecule has 2 heterocycles. The lowest BCUT2D eigenvalue weighted by atomic mass is 9.53. The van der Waals surface area contributed by atoms with Crippen molar-refractivity contribution in [2.75, 3.05) is 5.32 Å². The van der Waals surface area contributed by atoms with Gasteiger partial charge in [0.15, 0.2) is 0 Å². The van der Waals surface area contributed by atoms with E-state index in [4.69, 9.17) is 0 Å². The Hall–Kier alpha value is -2.96. The molecule has 172 valence electrons. The van der Waals surface area contributed by atoms with Crippen LogP contribution in [0.2, 0.25) is 0 Å². The van der Waals surface area contributed by atoms with Crippen molar-refractivity contribution in [3.05, 3.63) is 65.0 Å². The summed E-state index contributed by atoms with van der Waals surface area (Å²) in [5.41, 5.74) is 5.44. The number of aromatic nitrogens is 4. The Bertz CT molecular complexity index is 1210. The van der Waals surface area contributed by atoms with Crippen LogP contribution in [0.5, 0.6) is 0 Å². The predicted molar refractivity (Wildman–Crippen MR) is 123 cm³/mol. The highest BCUT2D eigenvalue weighted by Crippen LogP contribution is 2.64. The normalized spacial score (nSPS) is 29.7. The minimum Gasteiger partial charge on any atom is -0.323 e. The summed E-state index contributed by atoms with van der Waals surface area (Å²) in [5, 5.41) is 14.8. The maximum Gasteiger partial charge on any atom is 0.224 e. The number of aromatic amines is 1. The number of hydrogen-bond donors (Lipinski definition) is 2. The number of fused-ring (bicyclic) bond motifs is 7. The van der Waals surface area contributed by atoms with E-state index in [2.05, 4.69) is 33.6 Å². The van der Waals surface area contributed by atoms with Crippen molar-refractivity contribution in [2.24, 2.45) is 18.9 Å². The highest BCUT2D eigenvalue weighted by Gasteiger charge is 2.57. The first kappa shape index (κ1) is 20.6. The zero-order chi connectivity index (χ0) is 22.7. The van der Waals surface area contributed by atoms with E-state index in [0.717, 1.165) is 43.4 Å². The number of benzene rings is 1. The molecule has 6 nitrogen and oxygen atoms in total. The number of aryl methyl sites for hydroxylation is 1. The summed E-state index contributed by atoms with van der Waals surface area (Å²) in [5.74, 6) is 1.57. The maximum atomic E-state index is 14.5. The molecule has 1 aromatic carbocycles. The number of hydrogen-bond acceptors (Lipinski definition) is 3. The first-order valence-electron chi connectivity index (χ1n) is 12.0. The molecule has 0 aliphatic heterocycles. The summed E-state index contributed by atoms with van der Waals surface area (Å²) in [6.45, 7) is 2.38. The second-order valence-corrected chi connectivity index (χ2v) is 10.4. The lowest BCUT2D eigenvalue weighted by molar-refractivity contribution is -0.116. The fourth-order valence-corrected chi connectivity index (χ4v) is 7.42. The second kappa shape index (κ2) is 7.54. The minimum atomic E-state index is -0.0521. The summed E-state index contributed by atoms with van der Waals surface area (Å²) >= 11 is 0. The van der Waals surface area contributed by atoms with Crippen LogP contribution in [-0.2, 0) is 23.7 Å². The molecule has 1 saturated carbocycles. The number of amides is 1. The molecule has 2 aromatic heterocycles. The van der Waals surface area contributed by atoms with Gasteiger partial charge in [0.25, 0.3) is 0 Å². The number of halogens is 1. The van der Waals surface area contributed by atoms with Gasteiger partial charge in [0, 0.05) is 30.8 Å². The van der Waals surface area contributed by atoms with Gasteiger partial charge in [-0.2, -0.15) is 10.2 Å². The zero-order valence-corrected chi connectivity index (χ0v) is 19.1. The molecule has 3 aliphatic rings. The van der Waals surface area contributed by atoms with Gasteiger partial charge in [0.1, 0.15) is 5.82 Å². The summed E-state index contributed by atoms with van der Waals surface area (Å²) in [7, 11) is 1.84. The molecule has 0 spiro atoms. The third kappa shape index (κ3) is 3.15. The van der Waals surface area contributed by atoms with Crippen LogP contribution in [0.25, 0.3) is 0 Å². The molecule has 5 atom stereocenters. The maximum absolute atomic E-state index is 14.5. The molecule has 33 heavy (non-hydrogen) atoms. The molecule has 6 rings (SSSR count). The van der Waals surface area contributed by atoms with Crippen LogP contribution in [-0.4, -0.2) is 25.9 Å². The Kier molecular flexibility index (Phi) is 4.71. The van der Waals surface area contributed by atoms with Crippen molar-refractivity contribution in [3.8, 4) is 0 Å². The van der Waals surface area contributed by atoms with Crippen LogP contribution in [0.3, 0.4) is 0 Å². The Morgan fingerprint density at radius 2 is 2.18 bits per heavy atom. The smallest absolute Gasteiger partial charge is 0.224 e. The number of nitrogens with one attached hydrogen (secondary N) is 2. The van der Waals surface area contributed by atoms with Gasteiger partial charge in [0.05, 0.1) is 18.1 Å². The van der Waals surface area contributed by atoms with Gasteiger partial charge in [-0.05, 0) is 78.5 Å². The van der Waals surface area contributed by atoms with Crippen LogP contribution in [0.1, 0.15) is 73.2 Å². The summed E-state index contributed by atoms with van der Waals surface area (Å²) < 4.78 is 16.2. The van der Waals surface area contributed by atoms with E-state index in [9.17, 15) is 9.18 Å². The van der Waals surface area contributed by atoms with Crippen molar-refractivity contribution in [1.29, 1.82) is 0 Å². The molecule has 3 aromatic rings. The molecule has 0 saturated heterocycles. The van der Waals surface area contributed by atoms with Gasteiger partial charge in [-0.3, -0.25) is 14.6 Å². The molecule has 2 N–H and O–H groups in total. The minimum absolute atomic E-state index is 0.0186. The lowest BCUT2D eigenvalue weighted by Gasteiger charge is -2.50. The molecule has 3 unspecified atom stereocenters. The predicted octanol–water partition coefficient (Wildman–Crippen LogP) is 4.81. The van der Waals surface area contributed by atoms with E-state index in [0.29, 0.717) is 24.2 Å². The Morgan fingerprint density at radius 3 is 3.00 bits per heavy atom. The van der Waals surface area contributed by atoms with Gasteiger partial charge in [0.2, 0.25) is 5.91 Å². The first-order valence-corrected chi connectivity index (χ1v) is 12.0. The molecule has 0 radical (unpaired) electrons. The first-order chi connectivity index (χ1) is 16.0. The molecular formula is C26H30FN5O. The topological polar surface area (TPSA) is 75.6 Å². The van der Waals surface area contributed by atoms with E-state index < -0.39 is 0 Å². The number of nitrogens with zero attached hydrogens (tertiary/aromatic N) is 3. The standard InChI is InChI=1S/C26H30FN5O/c1-26-11-10-17-16-4-3-5-22(27)18(16)6-7-19(17)24(26)20(21-13-28-31-25(21)26)8-9-23(33)30-15-12-29-32(2)14-15/h3-5,12-14,17,19-20,24H,6-11H2,1-2H3,(H,28,31)(H,30,33)/t17?,19?,20-,24?,26+/m1/s1. The van der Waals surface area contributed by atoms with Gasteiger partial charge in [-0.15, -0.1) is 0 Å². The van der Waals surface area contributed by atoms with Crippen LogP contribution in [0, 0.1) is 17.7 Å². The van der Waals surface area contributed by atoms with Crippen molar-refractivity contribution in [1.82, 2.24) is 20.0 Å². The van der Waals surface area contributed by atoms with Gasteiger partial charge in [-0.25, -0.2) is 4.39 Å². The molecule has 1 amide bonds. The number of H-pyrrole nitrogens is 1. The van der Waals surface area contributed by atoms with Gasteiger partial charge in [-0.1, -0.05) is 19.1 Å². The molecule has 0 bridgehead atoms. The molecule has 3 aliphatic carbocycles. The number of carbonyl (C=O) groups is 1. The van der Waals surface area contributed by atoms with Crippen molar-refractivity contribution >= 4 is 11.6 Å². The van der Waals surface area contributed by atoms with E-state index >= 15 is 0 Å². The SMILES string of the molecule is Cn1cc(NC(=O)CC[C@@H]2c3cn[nH]c3[C@@]3(C)CCC4c5cccc(F)c5CCC4C23)cn1. The monoisotopic (exact) mass is 447 g/mol. The fraction of sp³-hybridized carbons (Fsp3) is 0.500. The van der Waals surface area contributed by atoms with E-state index in [1.807, 2.05) is 25.5 Å². The Labute approximate surface area is 193 Å². The number of rotatable bonds is 4. The van der Waals surface area contributed by atoms with Crippen LogP contribution < -0.4 is 5.32 Å². The van der Waals surface area contributed by atoms with Crippen molar-refractivity contribution in [3.63, 3.8) is 0 Å². The van der Waals surface area contributed by atoms with Crippen molar-refractivity contribution in [2.45, 2.75) is 62.7 Å². The Morgan fingerprint density at radius 1 is 1.30 bits per heavy atom. The third-order valence-corrected chi connectivity index (χ3v) is 8.71. The number of anilines is 1. The quantitative estimate of drug-likeness (QED) is 0.603. The van der Waals surface area contributed by atoms with E-state index in [-0.39, 0.29) is 23.1 Å². The van der Waals surface area contributed by atoms with E-state index in [1.165, 1.54) is 16.8 Å². The van der Waals surface area contributed by atoms with Crippen LogP contribution in [0.15, 0.2) is 36.8 Å². The Balaban J connectivity index is 1.28. The highest BCUT2D eigenvalue weighted by molar-refractivity contribution is 5.90. The number of carbonyl (C=O) groups excluding carboxylic acids is 1. The highest BCUT2D eigenvalue weighted by atomic mass is 19.1. The summed E-state index contributed by atoms with van der Waals surface area (Å²) in [6, 6.07) is 5.61.